The van der Waals surface area contributed by atoms with Gasteiger partial charge in [0.25, 0.3) is 0 Å². The van der Waals surface area contributed by atoms with E-state index in [0.29, 0.717) is 6.54 Å². The second-order valence-corrected chi connectivity index (χ2v) is 3.80. The molecule has 1 aliphatic rings. The number of rotatable bonds is 3. The highest BCUT2D eigenvalue weighted by Gasteiger charge is 2.16. The van der Waals surface area contributed by atoms with E-state index in [4.69, 9.17) is 10.8 Å². The van der Waals surface area contributed by atoms with Gasteiger partial charge in [-0.1, -0.05) is 0 Å². The van der Waals surface area contributed by atoms with Gasteiger partial charge in [-0.2, -0.15) is 0 Å². The highest BCUT2D eigenvalue weighted by molar-refractivity contribution is 4.73. The average Bonchev–Trinajstić information content (AvgIpc) is 2.31. The first-order valence-electron chi connectivity index (χ1n) is 4.94. The maximum atomic E-state index is 12.0. The van der Waals surface area contributed by atoms with Crippen LogP contribution >= 0.6 is 0 Å². The van der Waals surface area contributed by atoms with Crippen molar-refractivity contribution in [3.63, 3.8) is 0 Å². The molecule has 1 fully saturated rings. The minimum atomic E-state index is -0.825. The van der Waals surface area contributed by atoms with Gasteiger partial charge in [0.05, 0.1) is 6.10 Å². The van der Waals surface area contributed by atoms with Gasteiger partial charge in [0.2, 0.25) is 0 Å². The molecule has 0 aromatic heterocycles. The largest absolute Gasteiger partial charge is 0.389 e. The summed E-state index contributed by atoms with van der Waals surface area (Å²) in [6.45, 7) is 1.62. The smallest absolute Gasteiger partial charge is 0.117 e. The van der Waals surface area contributed by atoms with Crippen LogP contribution in [0.5, 0.6) is 0 Å². The molecule has 1 aliphatic heterocycles. The number of aliphatic hydroxyl groups excluding tert-OH is 1. The summed E-state index contributed by atoms with van der Waals surface area (Å²) in [5.74, 6) is 0. The van der Waals surface area contributed by atoms with E-state index in [1.807, 2.05) is 0 Å². The molecule has 3 N–H and O–H groups in total. The first-order chi connectivity index (χ1) is 6.22. The van der Waals surface area contributed by atoms with Crippen molar-refractivity contribution in [2.75, 3.05) is 26.3 Å². The van der Waals surface area contributed by atoms with E-state index in [-0.39, 0.29) is 6.04 Å². The van der Waals surface area contributed by atoms with Crippen LogP contribution in [0, 0.1) is 0 Å². The lowest BCUT2D eigenvalue weighted by atomic mass is 10.1. The quantitative estimate of drug-likeness (QED) is 0.665. The molecule has 3 nitrogen and oxygen atoms in total. The molecule has 0 bridgehead atoms. The molecule has 13 heavy (non-hydrogen) atoms. The summed E-state index contributed by atoms with van der Waals surface area (Å²) >= 11 is 0. The van der Waals surface area contributed by atoms with Crippen molar-refractivity contribution in [3.8, 4) is 0 Å². The maximum Gasteiger partial charge on any atom is 0.117 e. The lowest BCUT2D eigenvalue weighted by molar-refractivity contribution is 0.0910. The van der Waals surface area contributed by atoms with Crippen LogP contribution in [-0.4, -0.2) is 48.5 Å². The Bertz CT molecular complexity index is 146. The van der Waals surface area contributed by atoms with Crippen LogP contribution in [0.1, 0.15) is 19.3 Å². The molecule has 0 spiro atoms. The molecule has 0 aliphatic carbocycles. The summed E-state index contributed by atoms with van der Waals surface area (Å²) in [5, 5.41) is 9.12. The zero-order valence-corrected chi connectivity index (χ0v) is 7.95. The van der Waals surface area contributed by atoms with Crippen molar-refractivity contribution in [1.29, 1.82) is 0 Å². The monoisotopic (exact) mass is 190 g/mol. The highest BCUT2D eigenvalue weighted by atomic mass is 19.1. The predicted octanol–water partition coefficient (Wildman–Crippen LogP) is 0.130. The lowest BCUT2D eigenvalue weighted by Gasteiger charge is -2.21. The molecule has 2 atom stereocenters. The molecular weight excluding hydrogens is 171 g/mol. The zero-order valence-electron chi connectivity index (χ0n) is 7.95. The number of hydrogen-bond donors (Lipinski definition) is 2. The Hall–Kier alpha value is -0.190. The van der Waals surface area contributed by atoms with Crippen molar-refractivity contribution in [2.45, 2.75) is 31.4 Å². The van der Waals surface area contributed by atoms with Crippen LogP contribution in [0.2, 0.25) is 0 Å². The molecule has 0 aromatic carbocycles. The first kappa shape index (κ1) is 10.9. The zero-order chi connectivity index (χ0) is 9.68. The number of nitrogens with two attached hydrogens (primary N) is 1. The topological polar surface area (TPSA) is 49.5 Å². The normalized spacial score (nSPS) is 28.4. The fourth-order valence-corrected chi connectivity index (χ4v) is 1.71. The molecule has 0 radical (unpaired) electrons. The number of halogens is 1. The van der Waals surface area contributed by atoms with Gasteiger partial charge in [0, 0.05) is 12.6 Å². The molecule has 1 saturated heterocycles. The van der Waals surface area contributed by atoms with Gasteiger partial charge in [-0.15, -0.1) is 0 Å². The molecule has 1 heterocycles. The van der Waals surface area contributed by atoms with Crippen molar-refractivity contribution in [1.82, 2.24) is 4.90 Å². The van der Waals surface area contributed by atoms with Crippen LogP contribution in [-0.2, 0) is 0 Å². The van der Waals surface area contributed by atoms with E-state index in [1.54, 1.807) is 0 Å². The van der Waals surface area contributed by atoms with Crippen LogP contribution in [0.4, 0.5) is 4.39 Å². The molecule has 1 rings (SSSR count). The Morgan fingerprint density at radius 1 is 1.46 bits per heavy atom. The van der Waals surface area contributed by atoms with Crippen LogP contribution in [0.25, 0.3) is 0 Å². The summed E-state index contributed by atoms with van der Waals surface area (Å²) < 4.78 is 12.0. The lowest BCUT2D eigenvalue weighted by Crippen LogP contribution is -2.34. The Kier molecular flexibility index (Phi) is 4.62. The predicted molar refractivity (Wildman–Crippen MR) is 50.2 cm³/mol. The fourth-order valence-electron chi connectivity index (χ4n) is 1.71. The van der Waals surface area contributed by atoms with E-state index >= 15 is 0 Å². The molecule has 78 valence electrons. The summed E-state index contributed by atoms with van der Waals surface area (Å²) in [5.41, 5.74) is 5.80. The second kappa shape index (κ2) is 5.52. The Labute approximate surface area is 78.7 Å². The average molecular weight is 190 g/mol. The van der Waals surface area contributed by atoms with E-state index < -0.39 is 12.8 Å². The highest BCUT2D eigenvalue weighted by Crippen LogP contribution is 2.09. The van der Waals surface area contributed by atoms with Gasteiger partial charge in [0.15, 0.2) is 0 Å². The summed E-state index contributed by atoms with van der Waals surface area (Å²) in [6.07, 6.45) is 2.23. The third-order valence-corrected chi connectivity index (χ3v) is 2.51. The van der Waals surface area contributed by atoms with Crippen molar-refractivity contribution < 1.29 is 9.50 Å². The number of β-amino-alcohol motifs (C(OH)–C–C–N with tert-alkyl or cyclic N) is 1. The molecule has 0 aromatic rings. The molecular formula is C9H19FN2O. The minimum Gasteiger partial charge on any atom is -0.389 e. The molecule has 2 unspecified atom stereocenters. The minimum absolute atomic E-state index is 0.285. The summed E-state index contributed by atoms with van der Waals surface area (Å²) in [7, 11) is 0. The second-order valence-electron chi connectivity index (χ2n) is 3.80. The standard InChI is InChI=1S/C9H19FN2O/c10-6-9(13)7-12-4-1-2-8(11)3-5-12/h8-9,13H,1-7,11H2. The number of hydrogen-bond acceptors (Lipinski definition) is 3. The van der Waals surface area contributed by atoms with E-state index in [2.05, 4.69) is 4.90 Å². The van der Waals surface area contributed by atoms with Crippen LogP contribution < -0.4 is 5.73 Å². The molecule has 0 amide bonds. The third kappa shape index (κ3) is 4.02. The fraction of sp³-hybridized carbons (Fsp3) is 1.00. The third-order valence-electron chi connectivity index (χ3n) is 2.51. The number of nitrogens with zero attached hydrogens (tertiary/aromatic N) is 1. The van der Waals surface area contributed by atoms with Crippen molar-refractivity contribution in [2.24, 2.45) is 5.73 Å². The van der Waals surface area contributed by atoms with Gasteiger partial charge < -0.3 is 15.7 Å². The number of aliphatic hydroxyl groups is 1. The van der Waals surface area contributed by atoms with Gasteiger partial charge >= 0.3 is 0 Å². The van der Waals surface area contributed by atoms with Gasteiger partial charge in [-0.25, -0.2) is 4.39 Å². The van der Waals surface area contributed by atoms with Gasteiger partial charge in [0.1, 0.15) is 6.67 Å². The van der Waals surface area contributed by atoms with Crippen molar-refractivity contribution in [3.05, 3.63) is 0 Å². The van der Waals surface area contributed by atoms with Crippen molar-refractivity contribution >= 4 is 0 Å². The van der Waals surface area contributed by atoms with Crippen LogP contribution in [0.15, 0.2) is 0 Å². The molecule has 0 saturated carbocycles. The maximum absolute atomic E-state index is 12.0. The number of likely N-dealkylation sites (tertiary alicyclic amines) is 1. The van der Waals surface area contributed by atoms with Crippen LogP contribution in [0.3, 0.4) is 0 Å². The molecule has 4 heteroatoms. The first-order valence-corrected chi connectivity index (χ1v) is 4.94. The van der Waals surface area contributed by atoms with Gasteiger partial charge in [-0.3, -0.25) is 0 Å². The Morgan fingerprint density at radius 2 is 2.23 bits per heavy atom. The summed E-state index contributed by atoms with van der Waals surface area (Å²) in [6, 6.07) is 0.285. The number of alkyl halides is 1. The Balaban J connectivity index is 2.25. The van der Waals surface area contributed by atoms with E-state index in [1.165, 1.54) is 0 Å². The van der Waals surface area contributed by atoms with E-state index in [9.17, 15) is 4.39 Å². The Morgan fingerprint density at radius 3 is 2.92 bits per heavy atom. The SMILES string of the molecule is NC1CCCN(CC(O)CF)CC1. The van der Waals surface area contributed by atoms with Gasteiger partial charge in [-0.05, 0) is 32.4 Å². The van der Waals surface area contributed by atoms with E-state index in [0.717, 1.165) is 32.4 Å². The summed E-state index contributed by atoms with van der Waals surface area (Å²) in [4.78, 5) is 2.09.